The molecule has 114 valence electrons. The van der Waals surface area contributed by atoms with E-state index in [1.807, 2.05) is 6.07 Å². The Bertz CT molecular complexity index is 649. The molecule has 0 unspecified atom stereocenters. The van der Waals surface area contributed by atoms with Crippen molar-refractivity contribution in [1.82, 2.24) is 4.31 Å². The Labute approximate surface area is 130 Å². The molecule has 1 fully saturated rings. The third kappa shape index (κ3) is 3.31. The first kappa shape index (κ1) is 16.1. The van der Waals surface area contributed by atoms with Crippen molar-refractivity contribution in [2.75, 3.05) is 13.7 Å². The SMILES string of the molecule is COc1ccc(Cl)c(S(=O)(=O)N(CC#N)C2CCCC2)c1. The molecular weight excluding hydrogens is 312 g/mol. The Morgan fingerprint density at radius 2 is 2.10 bits per heavy atom. The molecule has 2 rings (SSSR count). The molecule has 0 radical (unpaired) electrons. The van der Waals surface area contributed by atoms with E-state index >= 15 is 0 Å². The molecule has 0 spiro atoms. The molecule has 0 aromatic heterocycles. The Morgan fingerprint density at radius 3 is 2.67 bits per heavy atom. The van der Waals surface area contributed by atoms with Crippen molar-refractivity contribution in [1.29, 1.82) is 5.26 Å². The van der Waals surface area contributed by atoms with Crippen LogP contribution in [0.25, 0.3) is 0 Å². The van der Waals surface area contributed by atoms with E-state index in [0.29, 0.717) is 5.75 Å². The van der Waals surface area contributed by atoms with Crippen LogP contribution in [0.5, 0.6) is 5.75 Å². The van der Waals surface area contributed by atoms with Crippen molar-refractivity contribution < 1.29 is 13.2 Å². The zero-order valence-corrected chi connectivity index (χ0v) is 13.3. The first-order chi connectivity index (χ1) is 10.0. The average Bonchev–Trinajstić information content (AvgIpc) is 2.98. The van der Waals surface area contributed by atoms with E-state index in [-0.39, 0.29) is 22.5 Å². The van der Waals surface area contributed by atoms with Gasteiger partial charge in [0.1, 0.15) is 17.2 Å². The molecule has 0 atom stereocenters. The fraction of sp³-hybridized carbons (Fsp3) is 0.500. The highest BCUT2D eigenvalue weighted by atomic mass is 35.5. The summed E-state index contributed by atoms with van der Waals surface area (Å²) < 4.78 is 32.0. The minimum atomic E-state index is -3.81. The van der Waals surface area contributed by atoms with Gasteiger partial charge in [-0.05, 0) is 25.0 Å². The number of nitrogens with zero attached hydrogens (tertiary/aromatic N) is 2. The van der Waals surface area contributed by atoms with Crippen molar-refractivity contribution in [2.45, 2.75) is 36.6 Å². The molecule has 0 amide bonds. The number of hydrogen-bond acceptors (Lipinski definition) is 4. The molecule has 1 saturated carbocycles. The van der Waals surface area contributed by atoms with Crippen molar-refractivity contribution in [2.24, 2.45) is 0 Å². The van der Waals surface area contributed by atoms with E-state index in [2.05, 4.69) is 0 Å². The van der Waals surface area contributed by atoms with Crippen LogP contribution < -0.4 is 4.74 Å². The lowest BCUT2D eigenvalue weighted by atomic mass is 10.2. The van der Waals surface area contributed by atoms with Gasteiger partial charge in [0.2, 0.25) is 10.0 Å². The number of methoxy groups -OCH3 is 1. The van der Waals surface area contributed by atoms with Gasteiger partial charge < -0.3 is 4.74 Å². The van der Waals surface area contributed by atoms with Gasteiger partial charge in [-0.1, -0.05) is 24.4 Å². The summed E-state index contributed by atoms with van der Waals surface area (Å²) in [6.45, 7) is -0.166. The Morgan fingerprint density at radius 1 is 1.43 bits per heavy atom. The lowest BCUT2D eigenvalue weighted by Crippen LogP contribution is -2.39. The highest BCUT2D eigenvalue weighted by molar-refractivity contribution is 7.89. The van der Waals surface area contributed by atoms with E-state index < -0.39 is 10.0 Å². The summed E-state index contributed by atoms with van der Waals surface area (Å²) in [7, 11) is -2.35. The lowest BCUT2D eigenvalue weighted by Gasteiger charge is -2.26. The first-order valence-electron chi connectivity index (χ1n) is 6.73. The fourth-order valence-electron chi connectivity index (χ4n) is 2.61. The van der Waals surface area contributed by atoms with Gasteiger partial charge >= 0.3 is 0 Å². The van der Waals surface area contributed by atoms with Gasteiger partial charge in [0.25, 0.3) is 0 Å². The van der Waals surface area contributed by atoms with Crippen LogP contribution in [0.2, 0.25) is 5.02 Å². The summed E-state index contributed by atoms with van der Waals surface area (Å²) in [5.74, 6) is 0.418. The number of benzene rings is 1. The van der Waals surface area contributed by atoms with Crippen molar-refractivity contribution in [3.05, 3.63) is 23.2 Å². The Kier molecular flexibility index (Phi) is 5.09. The van der Waals surface area contributed by atoms with E-state index in [4.69, 9.17) is 21.6 Å². The smallest absolute Gasteiger partial charge is 0.245 e. The van der Waals surface area contributed by atoms with Gasteiger partial charge in [-0.2, -0.15) is 9.57 Å². The second-order valence-corrected chi connectivity index (χ2v) is 7.21. The van der Waals surface area contributed by atoms with Crippen LogP contribution in [-0.2, 0) is 10.0 Å². The molecule has 0 heterocycles. The largest absolute Gasteiger partial charge is 0.497 e. The maximum absolute atomic E-state index is 12.8. The zero-order chi connectivity index (χ0) is 15.5. The molecule has 21 heavy (non-hydrogen) atoms. The molecule has 5 nitrogen and oxygen atoms in total. The monoisotopic (exact) mass is 328 g/mol. The molecule has 0 N–H and O–H groups in total. The maximum atomic E-state index is 12.8. The van der Waals surface area contributed by atoms with Gasteiger partial charge in [0.15, 0.2) is 0 Å². The summed E-state index contributed by atoms with van der Waals surface area (Å²) in [6.07, 6.45) is 3.52. The van der Waals surface area contributed by atoms with Gasteiger partial charge in [-0.3, -0.25) is 0 Å². The maximum Gasteiger partial charge on any atom is 0.245 e. The Balaban J connectivity index is 2.45. The number of sulfonamides is 1. The van der Waals surface area contributed by atoms with Crippen molar-refractivity contribution in [3.63, 3.8) is 0 Å². The van der Waals surface area contributed by atoms with E-state index in [9.17, 15) is 8.42 Å². The quantitative estimate of drug-likeness (QED) is 0.779. The van der Waals surface area contributed by atoms with Crippen molar-refractivity contribution in [3.8, 4) is 11.8 Å². The van der Waals surface area contributed by atoms with Gasteiger partial charge in [0.05, 0.1) is 18.2 Å². The standard InChI is InChI=1S/C14H17ClN2O3S/c1-20-12-6-7-13(15)14(10-12)21(18,19)17(9-8-16)11-4-2-3-5-11/h6-7,10-11H,2-5,9H2,1H3. The van der Waals surface area contributed by atoms with Gasteiger partial charge in [-0.25, -0.2) is 8.42 Å². The number of rotatable bonds is 5. The predicted molar refractivity (Wildman–Crippen MR) is 79.8 cm³/mol. The van der Waals surface area contributed by atoms with E-state index in [1.165, 1.54) is 23.5 Å². The molecule has 0 bridgehead atoms. The molecule has 7 heteroatoms. The van der Waals surface area contributed by atoms with E-state index in [1.54, 1.807) is 6.07 Å². The predicted octanol–water partition coefficient (Wildman–Crippen LogP) is 2.81. The zero-order valence-electron chi connectivity index (χ0n) is 11.8. The normalized spacial score (nSPS) is 16.1. The average molecular weight is 329 g/mol. The topological polar surface area (TPSA) is 70.4 Å². The van der Waals surface area contributed by atoms with Gasteiger partial charge in [-0.15, -0.1) is 0 Å². The summed E-state index contributed by atoms with van der Waals surface area (Å²) in [5.41, 5.74) is 0. The van der Waals surface area contributed by atoms with Crippen LogP contribution in [0.3, 0.4) is 0 Å². The third-order valence-corrected chi connectivity index (χ3v) is 6.06. The Hall–Kier alpha value is -1.29. The van der Waals surface area contributed by atoms with Crippen LogP contribution in [0.15, 0.2) is 23.1 Å². The number of ether oxygens (including phenoxy) is 1. The van der Waals surface area contributed by atoms with Crippen LogP contribution in [0.4, 0.5) is 0 Å². The van der Waals surface area contributed by atoms with Crippen LogP contribution in [-0.4, -0.2) is 32.4 Å². The number of hydrogen-bond donors (Lipinski definition) is 0. The highest BCUT2D eigenvalue weighted by Crippen LogP contribution is 2.33. The molecule has 1 aliphatic carbocycles. The lowest BCUT2D eigenvalue weighted by molar-refractivity contribution is 0.349. The summed E-state index contributed by atoms with van der Waals surface area (Å²) in [5, 5.41) is 9.10. The number of halogens is 1. The molecule has 1 aliphatic rings. The van der Waals surface area contributed by atoms with Crippen LogP contribution in [0.1, 0.15) is 25.7 Å². The molecule has 0 aliphatic heterocycles. The van der Waals surface area contributed by atoms with E-state index in [0.717, 1.165) is 25.7 Å². The fourth-order valence-corrected chi connectivity index (χ4v) is 4.68. The summed E-state index contributed by atoms with van der Waals surface area (Å²) >= 11 is 6.04. The molecule has 1 aromatic rings. The summed E-state index contributed by atoms with van der Waals surface area (Å²) in [6, 6.07) is 6.31. The van der Waals surface area contributed by atoms with Crippen LogP contribution in [0, 0.1) is 11.3 Å². The number of nitriles is 1. The second-order valence-electron chi connectivity index (χ2n) is 4.94. The minimum Gasteiger partial charge on any atom is -0.497 e. The summed E-state index contributed by atoms with van der Waals surface area (Å²) in [4.78, 5) is -0.00864. The second kappa shape index (κ2) is 6.65. The van der Waals surface area contributed by atoms with Crippen molar-refractivity contribution >= 4 is 21.6 Å². The minimum absolute atomic E-state index is 0.00864. The first-order valence-corrected chi connectivity index (χ1v) is 8.55. The molecule has 0 saturated heterocycles. The molecule has 1 aromatic carbocycles. The molecular formula is C14H17ClN2O3S. The van der Waals surface area contributed by atoms with Gasteiger partial charge in [0, 0.05) is 12.1 Å². The van der Waals surface area contributed by atoms with Crippen LogP contribution >= 0.6 is 11.6 Å². The third-order valence-electron chi connectivity index (χ3n) is 3.68. The highest BCUT2D eigenvalue weighted by Gasteiger charge is 2.34.